The predicted molar refractivity (Wildman–Crippen MR) is 98.1 cm³/mol. The fraction of sp³-hybridized carbons (Fsp3) is 0.316. The number of aryl methyl sites for hydroxylation is 2. The van der Waals surface area contributed by atoms with E-state index in [9.17, 15) is 0 Å². The summed E-state index contributed by atoms with van der Waals surface area (Å²) < 4.78 is 5.58. The third-order valence-corrected chi connectivity index (χ3v) is 5.09. The molecule has 2 aliphatic rings. The number of hydrogen-bond acceptors (Lipinski definition) is 5. The van der Waals surface area contributed by atoms with Gasteiger partial charge in [-0.1, -0.05) is 0 Å². The Hall–Kier alpha value is -2.89. The number of aromatic amines is 1. The normalized spacial score (nSPS) is 15.2. The number of ether oxygens (including phenoxy) is 1. The van der Waals surface area contributed by atoms with Gasteiger partial charge in [0.15, 0.2) is 0 Å². The number of benzene rings is 1. The van der Waals surface area contributed by atoms with Gasteiger partial charge in [-0.3, -0.25) is 4.99 Å². The zero-order valence-corrected chi connectivity index (χ0v) is 14.1. The molecule has 0 spiro atoms. The molecule has 2 aromatic heterocycles. The Balaban J connectivity index is 1.63. The first-order chi connectivity index (χ1) is 12.3. The second-order valence-electron chi connectivity index (χ2n) is 6.58. The van der Waals surface area contributed by atoms with Crippen LogP contribution in [-0.2, 0) is 19.4 Å². The maximum absolute atomic E-state index is 5.58. The molecule has 0 amide bonds. The minimum atomic E-state index is 0.717. The molecule has 0 unspecified atom stereocenters. The molecular weight excluding hydrogens is 314 g/mol. The molecule has 6 heteroatoms. The first-order valence-corrected chi connectivity index (χ1v) is 8.65. The van der Waals surface area contributed by atoms with E-state index in [1.54, 1.807) is 13.4 Å². The summed E-state index contributed by atoms with van der Waals surface area (Å²) in [6.07, 6.45) is 8.12. The van der Waals surface area contributed by atoms with Crippen molar-refractivity contribution in [3.05, 3.63) is 40.8 Å². The van der Waals surface area contributed by atoms with Crippen molar-refractivity contribution >= 4 is 28.8 Å². The summed E-state index contributed by atoms with van der Waals surface area (Å²) >= 11 is 0. The molecule has 0 saturated heterocycles. The third-order valence-electron chi connectivity index (χ3n) is 5.09. The van der Waals surface area contributed by atoms with Crippen LogP contribution in [0.25, 0.3) is 11.0 Å². The van der Waals surface area contributed by atoms with Gasteiger partial charge in [-0.05, 0) is 54.5 Å². The van der Waals surface area contributed by atoms with Crippen molar-refractivity contribution in [2.45, 2.75) is 32.2 Å². The van der Waals surface area contributed by atoms with Gasteiger partial charge in [0.1, 0.15) is 23.5 Å². The number of hydrogen-bond donors (Lipinski definition) is 2. The van der Waals surface area contributed by atoms with Crippen molar-refractivity contribution in [1.29, 1.82) is 0 Å². The fourth-order valence-corrected chi connectivity index (χ4v) is 3.86. The molecular formula is C19H19N5O. The molecule has 2 N–H and O–H groups in total. The van der Waals surface area contributed by atoms with Crippen molar-refractivity contribution in [3.8, 4) is 5.75 Å². The number of H-pyrrole nitrogens is 1. The van der Waals surface area contributed by atoms with Gasteiger partial charge in [0.2, 0.25) is 0 Å². The van der Waals surface area contributed by atoms with Crippen LogP contribution in [0.1, 0.15) is 35.2 Å². The van der Waals surface area contributed by atoms with E-state index < -0.39 is 0 Å². The maximum atomic E-state index is 5.58. The lowest BCUT2D eigenvalue weighted by atomic mass is 9.96. The Morgan fingerprint density at radius 2 is 2.08 bits per heavy atom. The standard InChI is InChI=1S/C19H19N5O/c1-25-16-7-12-9-20-8-11(12)6-15(16)24-19-17-13-4-2-3-5-14(13)23-18(17)21-10-22-19/h6-8,10H,2-5,9H2,1H3,(H2,21,22,23,24). The van der Waals surface area contributed by atoms with Crippen LogP contribution in [0.5, 0.6) is 5.75 Å². The van der Waals surface area contributed by atoms with Crippen LogP contribution in [-0.4, -0.2) is 28.3 Å². The lowest BCUT2D eigenvalue weighted by Gasteiger charge is -2.15. The molecule has 126 valence electrons. The van der Waals surface area contributed by atoms with Gasteiger partial charge < -0.3 is 15.0 Å². The number of aliphatic imine (C=N–C) groups is 1. The Bertz CT molecular complexity index is 1000. The molecule has 0 fully saturated rings. The van der Waals surface area contributed by atoms with Gasteiger partial charge in [0.05, 0.1) is 24.7 Å². The molecule has 1 aliphatic carbocycles. The molecule has 0 saturated carbocycles. The fourth-order valence-electron chi connectivity index (χ4n) is 3.86. The number of anilines is 2. The number of nitrogens with one attached hydrogen (secondary N) is 2. The van der Waals surface area contributed by atoms with Crippen molar-refractivity contribution < 1.29 is 4.74 Å². The van der Waals surface area contributed by atoms with Crippen LogP contribution in [0.15, 0.2) is 23.5 Å². The molecule has 5 rings (SSSR count). The van der Waals surface area contributed by atoms with Crippen LogP contribution in [0.2, 0.25) is 0 Å². The van der Waals surface area contributed by atoms with Crippen molar-refractivity contribution in [1.82, 2.24) is 15.0 Å². The van der Waals surface area contributed by atoms with E-state index >= 15 is 0 Å². The van der Waals surface area contributed by atoms with Gasteiger partial charge in [-0.15, -0.1) is 0 Å². The Morgan fingerprint density at radius 1 is 1.16 bits per heavy atom. The van der Waals surface area contributed by atoms with E-state index in [1.807, 2.05) is 6.21 Å². The van der Waals surface area contributed by atoms with Gasteiger partial charge >= 0.3 is 0 Å². The summed E-state index contributed by atoms with van der Waals surface area (Å²) in [7, 11) is 1.69. The Morgan fingerprint density at radius 3 is 3.00 bits per heavy atom. The highest BCUT2D eigenvalue weighted by molar-refractivity contribution is 5.95. The van der Waals surface area contributed by atoms with Crippen molar-refractivity contribution in [3.63, 3.8) is 0 Å². The first kappa shape index (κ1) is 14.5. The zero-order chi connectivity index (χ0) is 16.8. The van der Waals surface area contributed by atoms with Crippen LogP contribution in [0, 0.1) is 0 Å². The van der Waals surface area contributed by atoms with Crippen LogP contribution in [0.3, 0.4) is 0 Å². The highest BCUT2D eigenvalue weighted by Gasteiger charge is 2.20. The van der Waals surface area contributed by atoms with E-state index in [1.165, 1.54) is 29.7 Å². The largest absolute Gasteiger partial charge is 0.495 e. The average Bonchev–Trinajstić information content (AvgIpc) is 3.24. The Labute approximate surface area is 145 Å². The predicted octanol–water partition coefficient (Wildman–Crippen LogP) is 3.52. The summed E-state index contributed by atoms with van der Waals surface area (Å²) in [5, 5.41) is 4.58. The SMILES string of the molecule is COc1cc2c(cc1Nc1ncnc3[nH]c4c(c13)CCCC4)C=NC2. The highest BCUT2D eigenvalue weighted by Crippen LogP contribution is 2.36. The smallest absolute Gasteiger partial charge is 0.143 e. The number of rotatable bonds is 3. The summed E-state index contributed by atoms with van der Waals surface area (Å²) in [6, 6.07) is 4.13. The molecule has 0 radical (unpaired) electrons. The monoisotopic (exact) mass is 333 g/mol. The van der Waals surface area contributed by atoms with E-state index in [4.69, 9.17) is 4.74 Å². The molecule has 6 nitrogen and oxygen atoms in total. The van der Waals surface area contributed by atoms with Crippen molar-refractivity contribution in [2.75, 3.05) is 12.4 Å². The minimum Gasteiger partial charge on any atom is -0.495 e. The number of fused-ring (bicyclic) bond motifs is 4. The summed E-state index contributed by atoms with van der Waals surface area (Å²) in [6.45, 7) is 0.717. The molecule has 1 aromatic carbocycles. The van der Waals surface area contributed by atoms with Gasteiger partial charge in [-0.2, -0.15) is 0 Å². The van der Waals surface area contributed by atoms with E-state index in [0.29, 0.717) is 0 Å². The Kier molecular flexibility index (Phi) is 3.23. The van der Waals surface area contributed by atoms with Crippen LogP contribution < -0.4 is 10.1 Å². The van der Waals surface area contributed by atoms with Gasteiger partial charge in [0.25, 0.3) is 0 Å². The minimum absolute atomic E-state index is 0.717. The zero-order valence-electron chi connectivity index (χ0n) is 14.1. The summed E-state index contributed by atoms with van der Waals surface area (Å²) in [5.74, 6) is 1.64. The third kappa shape index (κ3) is 2.28. The topological polar surface area (TPSA) is 75.2 Å². The summed E-state index contributed by atoms with van der Waals surface area (Å²) in [4.78, 5) is 16.8. The second kappa shape index (κ2) is 5.58. The molecule has 0 atom stereocenters. The van der Waals surface area contributed by atoms with E-state index in [-0.39, 0.29) is 0 Å². The van der Waals surface area contributed by atoms with E-state index in [0.717, 1.165) is 53.2 Å². The number of aromatic nitrogens is 3. The number of methoxy groups -OCH3 is 1. The first-order valence-electron chi connectivity index (χ1n) is 8.65. The second-order valence-corrected chi connectivity index (χ2v) is 6.58. The molecule has 25 heavy (non-hydrogen) atoms. The quantitative estimate of drug-likeness (QED) is 0.769. The highest BCUT2D eigenvalue weighted by atomic mass is 16.5. The van der Waals surface area contributed by atoms with Gasteiger partial charge in [0, 0.05) is 11.9 Å². The number of nitrogens with zero attached hydrogens (tertiary/aromatic N) is 3. The lowest BCUT2D eigenvalue weighted by Crippen LogP contribution is -2.03. The van der Waals surface area contributed by atoms with E-state index in [2.05, 4.69) is 37.4 Å². The molecule has 3 aromatic rings. The van der Waals surface area contributed by atoms with Gasteiger partial charge in [-0.25, -0.2) is 9.97 Å². The maximum Gasteiger partial charge on any atom is 0.143 e. The molecule has 1 aliphatic heterocycles. The van der Waals surface area contributed by atoms with Crippen molar-refractivity contribution in [2.24, 2.45) is 4.99 Å². The molecule has 3 heterocycles. The van der Waals surface area contributed by atoms with Crippen LogP contribution in [0.4, 0.5) is 11.5 Å². The average molecular weight is 333 g/mol. The lowest BCUT2D eigenvalue weighted by molar-refractivity contribution is 0.416. The van der Waals surface area contributed by atoms with Crippen LogP contribution >= 0.6 is 0 Å². The molecule has 0 bridgehead atoms. The summed E-state index contributed by atoms with van der Waals surface area (Å²) in [5.41, 5.74) is 6.79.